The zero-order chi connectivity index (χ0) is 29.9. The van der Waals surface area contributed by atoms with Crippen LogP contribution in [0.3, 0.4) is 0 Å². The van der Waals surface area contributed by atoms with Crippen LogP contribution in [0, 0.1) is 0 Å². The predicted molar refractivity (Wildman–Crippen MR) is 125 cm³/mol. The average Bonchev–Trinajstić information content (AvgIpc) is 2.69. The van der Waals surface area contributed by atoms with E-state index in [0.717, 1.165) is 0 Å². The van der Waals surface area contributed by atoms with E-state index < -0.39 is 35.8 Å². The fourth-order valence-electron chi connectivity index (χ4n) is 1.22. The second-order valence-corrected chi connectivity index (χ2v) is 6.73. The first kappa shape index (κ1) is 67.8. The van der Waals surface area contributed by atoms with Crippen LogP contribution in [0.25, 0.3) is 0 Å². The molecule has 0 aromatic carbocycles. The topological polar surface area (TPSA) is 241 Å². The molecule has 12 nitrogen and oxygen atoms in total. The zero-order valence-electron chi connectivity index (χ0n) is 26.0. The first-order valence-electron chi connectivity index (χ1n) is 11.8. The molecular weight excluding hydrogens is 576 g/mol. The van der Waals surface area contributed by atoms with Crippen LogP contribution in [0.2, 0.25) is 0 Å². The summed E-state index contributed by atoms with van der Waals surface area (Å²) in [5, 5.41) is 56.9. The van der Waals surface area contributed by atoms with Crippen LogP contribution in [-0.2, 0) is 28.8 Å². The number of carbonyl (C=O) groups excluding carboxylic acids is 6. The first-order chi connectivity index (χ1) is 16.6. The molecule has 0 unspecified atom stereocenters. The van der Waals surface area contributed by atoms with Crippen molar-refractivity contribution in [3.8, 4) is 0 Å². The first-order valence-corrected chi connectivity index (χ1v) is 11.8. The minimum absolute atomic E-state index is 0. The Kier molecular flexibility index (Phi) is 107. The van der Waals surface area contributed by atoms with Crippen molar-refractivity contribution < 1.29 is 148 Å². The van der Waals surface area contributed by atoms with Gasteiger partial charge in [-0.25, -0.2) is 0 Å². The second kappa shape index (κ2) is 62.8. The van der Waals surface area contributed by atoms with Crippen LogP contribution in [0.15, 0.2) is 0 Å². The molecule has 0 bridgehead atoms. The van der Waals surface area contributed by atoms with Crippen LogP contribution < -0.4 is 119 Å². The van der Waals surface area contributed by atoms with Crippen LogP contribution in [0.4, 0.5) is 0 Å². The molecule has 0 N–H and O–H groups in total. The maximum absolute atomic E-state index is 9.49. The molecule has 0 aromatic heterocycles. The fourth-order valence-corrected chi connectivity index (χ4v) is 1.22. The summed E-state index contributed by atoms with van der Waals surface area (Å²) in [6, 6.07) is 0. The predicted octanol–water partition coefficient (Wildman–Crippen LogP) is -12.2. The van der Waals surface area contributed by atoms with Gasteiger partial charge in [-0.15, -0.1) is 0 Å². The summed E-state index contributed by atoms with van der Waals surface area (Å²) >= 11 is 0. The molecule has 0 heterocycles. The summed E-state index contributed by atoms with van der Waals surface area (Å²) in [5.74, 6) is -5.76. The van der Waals surface area contributed by atoms with Crippen molar-refractivity contribution in [1.29, 1.82) is 0 Å². The van der Waals surface area contributed by atoms with Gasteiger partial charge in [0, 0.05) is 35.8 Å². The zero-order valence-corrected chi connectivity index (χ0v) is 33.1. The number of hydrogen-bond donors (Lipinski definition) is 0. The summed E-state index contributed by atoms with van der Waals surface area (Å²) in [6.45, 7) is 10.8. The van der Waals surface area contributed by atoms with Gasteiger partial charge in [0.05, 0.1) is 0 Å². The van der Waals surface area contributed by atoms with E-state index in [9.17, 15) is 59.4 Å². The molecule has 0 rings (SSSR count). The largest absolute Gasteiger partial charge is 3.00 e. The van der Waals surface area contributed by atoms with Crippen LogP contribution in [-0.4, -0.2) is 53.2 Å². The van der Waals surface area contributed by atoms with E-state index in [1.54, 1.807) is 41.5 Å². The molecule has 216 valence electrons. The molecule has 0 aromatic rings. The summed E-state index contributed by atoms with van der Waals surface area (Å²) < 4.78 is 0. The summed E-state index contributed by atoms with van der Waals surface area (Å²) in [6.07, 6.45) is 5.10. The Labute approximate surface area is 316 Å². The molecule has 0 saturated carbocycles. The average molecular weight is 619 g/mol. The molecular formula is C24H42AlNa3O12. The summed E-state index contributed by atoms with van der Waals surface area (Å²) in [5.41, 5.74) is 0. The molecule has 0 spiro atoms. The Morgan fingerprint density at radius 3 is 0.400 bits per heavy atom. The molecule has 40 heavy (non-hydrogen) atoms. The van der Waals surface area contributed by atoms with Crippen LogP contribution in [0.1, 0.15) is 119 Å². The van der Waals surface area contributed by atoms with E-state index in [2.05, 4.69) is 0 Å². The van der Waals surface area contributed by atoms with E-state index in [-0.39, 0.29) is 145 Å². The Morgan fingerprint density at radius 2 is 0.400 bits per heavy atom. The van der Waals surface area contributed by atoms with Gasteiger partial charge in [0.15, 0.2) is 0 Å². The third kappa shape index (κ3) is 159. The number of carboxylic acids is 6. The Balaban J connectivity index is -0.0000000331. The van der Waals surface area contributed by atoms with E-state index in [4.69, 9.17) is 0 Å². The Hall–Kier alpha value is 0.352. The van der Waals surface area contributed by atoms with Crippen LogP contribution in [0.5, 0.6) is 0 Å². The minimum Gasteiger partial charge on any atom is -0.550 e. The fraction of sp³-hybridized carbons (Fsp3) is 0.750. The van der Waals surface area contributed by atoms with Crippen molar-refractivity contribution >= 4 is 53.2 Å². The number of hydrogen-bond acceptors (Lipinski definition) is 12. The van der Waals surface area contributed by atoms with Crippen LogP contribution >= 0.6 is 0 Å². The second-order valence-electron chi connectivity index (χ2n) is 6.73. The van der Waals surface area contributed by atoms with Crippen molar-refractivity contribution in [3.05, 3.63) is 0 Å². The van der Waals surface area contributed by atoms with Gasteiger partial charge in [0.1, 0.15) is 0 Å². The molecule has 0 aliphatic rings. The third-order valence-electron chi connectivity index (χ3n) is 2.72. The van der Waals surface area contributed by atoms with Gasteiger partial charge < -0.3 is 59.4 Å². The molecule has 0 saturated heterocycles. The summed E-state index contributed by atoms with van der Waals surface area (Å²) in [4.78, 5) is 56.9. The van der Waals surface area contributed by atoms with Gasteiger partial charge in [0.25, 0.3) is 0 Å². The third-order valence-corrected chi connectivity index (χ3v) is 2.72. The van der Waals surface area contributed by atoms with E-state index >= 15 is 0 Å². The number of rotatable bonds is 12. The minimum atomic E-state index is -0.961. The van der Waals surface area contributed by atoms with Gasteiger partial charge in [-0.2, -0.15) is 0 Å². The molecule has 0 radical (unpaired) electrons. The van der Waals surface area contributed by atoms with Gasteiger partial charge in [-0.3, -0.25) is 0 Å². The van der Waals surface area contributed by atoms with Crippen molar-refractivity contribution in [2.75, 3.05) is 0 Å². The normalized spacial score (nSPS) is 7.35. The van der Waals surface area contributed by atoms with E-state index in [1.807, 2.05) is 0 Å². The molecule has 0 amide bonds. The molecule has 0 aliphatic carbocycles. The van der Waals surface area contributed by atoms with Gasteiger partial charge in [0.2, 0.25) is 0 Å². The number of aliphatic carboxylic acids is 6. The number of carbonyl (C=O) groups is 6. The quantitative estimate of drug-likeness (QED) is 0.185. The van der Waals surface area contributed by atoms with Crippen molar-refractivity contribution in [1.82, 2.24) is 0 Å². The Bertz CT molecular complexity index is 443. The Morgan fingerprint density at radius 1 is 0.325 bits per heavy atom. The van der Waals surface area contributed by atoms with Crippen molar-refractivity contribution in [2.45, 2.75) is 119 Å². The summed E-state index contributed by atoms with van der Waals surface area (Å²) in [7, 11) is 0. The van der Waals surface area contributed by atoms with Gasteiger partial charge in [-0.1, -0.05) is 80.1 Å². The van der Waals surface area contributed by atoms with E-state index in [1.165, 1.54) is 0 Å². The van der Waals surface area contributed by atoms with E-state index in [0.29, 0.717) is 38.5 Å². The van der Waals surface area contributed by atoms with Crippen molar-refractivity contribution in [3.63, 3.8) is 0 Å². The van der Waals surface area contributed by atoms with Gasteiger partial charge >= 0.3 is 106 Å². The smallest absolute Gasteiger partial charge is 0.550 e. The van der Waals surface area contributed by atoms with Crippen molar-refractivity contribution in [2.24, 2.45) is 0 Å². The molecule has 0 fully saturated rings. The molecule has 0 atom stereocenters. The molecule has 0 aliphatic heterocycles. The maximum atomic E-state index is 9.49. The monoisotopic (exact) mass is 618 g/mol. The standard InChI is InChI=1S/6C4H8O2.Al.3Na/c6*1-2-3-4(5)6;;;;/h6*2-3H2,1H3,(H,5,6);;;;/q;;;;;;+3;3*+1/p-6. The van der Waals surface area contributed by atoms with Gasteiger partial charge in [-0.05, 0) is 38.5 Å². The molecule has 16 heteroatoms. The SMILES string of the molecule is CCCC(=O)[O-].CCCC(=O)[O-].CCCC(=O)[O-].CCCC(=O)[O-].CCCC(=O)[O-].CCCC(=O)[O-].[Al+3].[Na+].[Na+].[Na+]. The maximum Gasteiger partial charge on any atom is 3.00 e. The number of carboxylic acid groups (broad SMARTS) is 6.